The second-order valence-electron chi connectivity index (χ2n) is 4.04. The maximum atomic E-state index is 12.3. The number of aromatic nitrogens is 1. The molecule has 2 N–H and O–H groups in total. The SMILES string of the molecule is Cc1nc(-c2ccc(OC/C(=C\F)CN)cc2)cs1. The van der Waals surface area contributed by atoms with E-state index in [1.54, 1.807) is 11.3 Å². The van der Waals surface area contributed by atoms with Crippen LogP contribution in [0.2, 0.25) is 0 Å². The molecule has 0 saturated heterocycles. The molecule has 0 spiro atoms. The average Bonchev–Trinajstić information content (AvgIpc) is 2.87. The van der Waals surface area contributed by atoms with E-state index in [4.69, 9.17) is 10.5 Å². The minimum absolute atomic E-state index is 0.159. The minimum Gasteiger partial charge on any atom is -0.489 e. The molecule has 0 fully saturated rings. The first-order valence-corrected chi connectivity index (χ1v) is 6.74. The highest BCUT2D eigenvalue weighted by Gasteiger charge is 2.03. The highest BCUT2D eigenvalue weighted by molar-refractivity contribution is 7.09. The largest absolute Gasteiger partial charge is 0.489 e. The molecular formula is C14H15FN2OS. The third kappa shape index (κ3) is 3.62. The normalized spacial score (nSPS) is 11.6. The number of nitrogens with two attached hydrogens (primary N) is 1. The molecule has 0 bridgehead atoms. The fraction of sp³-hybridized carbons (Fsp3) is 0.214. The van der Waals surface area contributed by atoms with Gasteiger partial charge in [0.2, 0.25) is 0 Å². The number of nitrogens with zero attached hydrogens (tertiary/aromatic N) is 1. The third-order valence-electron chi connectivity index (χ3n) is 2.61. The molecule has 1 aromatic heterocycles. The van der Waals surface area contributed by atoms with Crippen LogP contribution in [0.5, 0.6) is 5.75 Å². The minimum atomic E-state index is 0.159. The van der Waals surface area contributed by atoms with Crippen molar-refractivity contribution in [3.8, 4) is 17.0 Å². The van der Waals surface area contributed by atoms with Crippen LogP contribution in [0, 0.1) is 6.92 Å². The van der Waals surface area contributed by atoms with E-state index in [2.05, 4.69) is 4.98 Å². The number of thiazole rings is 1. The Labute approximate surface area is 115 Å². The first kappa shape index (κ1) is 13.7. The Morgan fingerprint density at radius 3 is 2.68 bits per heavy atom. The molecule has 5 heteroatoms. The summed E-state index contributed by atoms with van der Waals surface area (Å²) in [5.41, 5.74) is 7.78. The fourth-order valence-electron chi connectivity index (χ4n) is 1.53. The highest BCUT2D eigenvalue weighted by Crippen LogP contribution is 2.23. The lowest BCUT2D eigenvalue weighted by molar-refractivity contribution is 0.347. The van der Waals surface area contributed by atoms with Gasteiger partial charge in [0.15, 0.2) is 0 Å². The van der Waals surface area contributed by atoms with Crippen LogP contribution in [0.1, 0.15) is 5.01 Å². The van der Waals surface area contributed by atoms with Gasteiger partial charge in [0.1, 0.15) is 12.4 Å². The van der Waals surface area contributed by atoms with Crippen LogP contribution in [-0.2, 0) is 0 Å². The van der Waals surface area contributed by atoms with Crippen LogP contribution in [0.3, 0.4) is 0 Å². The van der Waals surface area contributed by atoms with Gasteiger partial charge in [-0.05, 0) is 31.2 Å². The summed E-state index contributed by atoms with van der Waals surface area (Å²) in [6.07, 6.45) is 0.492. The molecule has 0 unspecified atom stereocenters. The van der Waals surface area contributed by atoms with Gasteiger partial charge in [0.25, 0.3) is 0 Å². The highest BCUT2D eigenvalue weighted by atomic mass is 32.1. The van der Waals surface area contributed by atoms with Gasteiger partial charge < -0.3 is 10.5 Å². The summed E-state index contributed by atoms with van der Waals surface area (Å²) in [7, 11) is 0. The number of halogens is 1. The van der Waals surface area contributed by atoms with Gasteiger partial charge >= 0.3 is 0 Å². The van der Waals surface area contributed by atoms with Crippen LogP contribution < -0.4 is 10.5 Å². The molecule has 0 aliphatic heterocycles. The summed E-state index contributed by atoms with van der Waals surface area (Å²) in [6.45, 7) is 2.30. The Morgan fingerprint density at radius 2 is 2.16 bits per heavy atom. The van der Waals surface area contributed by atoms with E-state index in [1.807, 2.05) is 36.6 Å². The Bertz CT molecular complexity index is 563. The number of rotatable bonds is 5. The fourth-order valence-corrected chi connectivity index (χ4v) is 2.15. The summed E-state index contributed by atoms with van der Waals surface area (Å²) in [5.74, 6) is 0.684. The van der Waals surface area contributed by atoms with Gasteiger partial charge in [-0.2, -0.15) is 0 Å². The molecule has 0 aliphatic rings. The van der Waals surface area contributed by atoms with Gasteiger partial charge in [-0.15, -0.1) is 11.3 Å². The van der Waals surface area contributed by atoms with Crippen LogP contribution >= 0.6 is 11.3 Å². The van der Waals surface area contributed by atoms with E-state index in [0.29, 0.717) is 17.7 Å². The summed E-state index contributed by atoms with van der Waals surface area (Å²) >= 11 is 1.62. The second-order valence-corrected chi connectivity index (χ2v) is 5.10. The van der Waals surface area contributed by atoms with Crippen molar-refractivity contribution in [2.45, 2.75) is 6.92 Å². The number of ether oxygens (including phenoxy) is 1. The number of benzene rings is 1. The Hall–Kier alpha value is -1.72. The number of aryl methyl sites for hydroxylation is 1. The molecule has 2 aromatic rings. The molecule has 1 aromatic carbocycles. The molecule has 2 rings (SSSR count). The lowest BCUT2D eigenvalue weighted by Gasteiger charge is -2.07. The summed E-state index contributed by atoms with van der Waals surface area (Å²) in [4.78, 5) is 4.41. The van der Waals surface area contributed by atoms with E-state index in [-0.39, 0.29) is 13.2 Å². The molecule has 3 nitrogen and oxygen atoms in total. The molecule has 19 heavy (non-hydrogen) atoms. The zero-order valence-corrected chi connectivity index (χ0v) is 11.4. The predicted octanol–water partition coefficient (Wildman–Crippen LogP) is 3.31. The van der Waals surface area contributed by atoms with Crippen LogP contribution in [0.15, 0.2) is 41.5 Å². The van der Waals surface area contributed by atoms with Gasteiger partial charge in [0.05, 0.1) is 17.0 Å². The van der Waals surface area contributed by atoms with Crippen molar-refractivity contribution in [3.63, 3.8) is 0 Å². The Balaban J connectivity index is 2.02. The molecule has 0 saturated carbocycles. The van der Waals surface area contributed by atoms with Crippen molar-refractivity contribution < 1.29 is 9.13 Å². The van der Waals surface area contributed by atoms with Gasteiger partial charge in [0, 0.05) is 23.1 Å². The van der Waals surface area contributed by atoms with Gasteiger partial charge in [-0.3, -0.25) is 0 Å². The second kappa shape index (κ2) is 6.45. The monoisotopic (exact) mass is 278 g/mol. The third-order valence-corrected chi connectivity index (χ3v) is 3.38. The van der Waals surface area contributed by atoms with Gasteiger partial charge in [-0.1, -0.05) is 0 Å². The Kier molecular flexibility index (Phi) is 4.65. The number of hydrogen-bond donors (Lipinski definition) is 1. The zero-order valence-electron chi connectivity index (χ0n) is 10.6. The summed E-state index contributed by atoms with van der Waals surface area (Å²) in [5, 5.41) is 3.06. The molecule has 0 atom stereocenters. The first-order valence-electron chi connectivity index (χ1n) is 5.86. The molecule has 0 radical (unpaired) electrons. The maximum absolute atomic E-state index is 12.3. The van der Waals surface area contributed by atoms with Crippen LogP contribution in [-0.4, -0.2) is 18.1 Å². The standard InChI is InChI=1S/C14H15FN2OS/c1-10-17-14(9-19-10)12-2-4-13(5-3-12)18-8-11(6-15)7-16/h2-6,9H,7-8,16H2,1H3/b11-6-. The van der Waals surface area contributed by atoms with Crippen molar-refractivity contribution in [2.24, 2.45) is 5.73 Å². The van der Waals surface area contributed by atoms with Crippen molar-refractivity contribution in [3.05, 3.63) is 46.6 Å². The smallest absolute Gasteiger partial charge is 0.119 e. The molecular weight excluding hydrogens is 263 g/mol. The van der Waals surface area contributed by atoms with E-state index in [9.17, 15) is 4.39 Å². The Morgan fingerprint density at radius 1 is 1.42 bits per heavy atom. The predicted molar refractivity (Wildman–Crippen MR) is 76.0 cm³/mol. The molecule has 0 aliphatic carbocycles. The average molecular weight is 278 g/mol. The molecule has 100 valence electrons. The van der Waals surface area contributed by atoms with Gasteiger partial charge in [-0.25, -0.2) is 9.37 Å². The van der Waals surface area contributed by atoms with Crippen molar-refractivity contribution in [1.82, 2.24) is 4.98 Å². The lowest BCUT2D eigenvalue weighted by atomic mass is 10.2. The van der Waals surface area contributed by atoms with Crippen molar-refractivity contribution >= 4 is 11.3 Å². The zero-order chi connectivity index (χ0) is 13.7. The lowest BCUT2D eigenvalue weighted by Crippen LogP contribution is -2.10. The van der Waals surface area contributed by atoms with E-state index in [1.165, 1.54) is 0 Å². The molecule has 1 heterocycles. The maximum Gasteiger partial charge on any atom is 0.119 e. The van der Waals surface area contributed by atoms with Crippen LogP contribution in [0.4, 0.5) is 4.39 Å². The molecule has 0 amide bonds. The quantitative estimate of drug-likeness (QED) is 0.912. The van der Waals surface area contributed by atoms with Crippen molar-refractivity contribution in [2.75, 3.05) is 13.2 Å². The first-order chi connectivity index (χ1) is 9.22. The summed E-state index contributed by atoms with van der Waals surface area (Å²) < 4.78 is 17.8. The summed E-state index contributed by atoms with van der Waals surface area (Å²) in [6, 6.07) is 7.56. The van der Waals surface area contributed by atoms with E-state index >= 15 is 0 Å². The van der Waals surface area contributed by atoms with Crippen molar-refractivity contribution in [1.29, 1.82) is 0 Å². The number of hydrogen-bond acceptors (Lipinski definition) is 4. The topological polar surface area (TPSA) is 48.1 Å². The van der Waals surface area contributed by atoms with Crippen LogP contribution in [0.25, 0.3) is 11.3 Å². The van der Waals surface area contributed by atoms with E-state index in [0.717, 1.165) is 16.3 Å². The van der Waals surface area contributed by atoms with E-state index < -0.39 is 0 Å².